The molecule has 0 bridgehead atoms. The minimum atomic E-state index is -0.855. The third-order valence-electron chi connectivity index (χ3n) is 2.80. The van der Waals surface area contributed by atoms with E-state index in [1.54, 1.807) is 6.07 Å². The molecule has 0 unspecified atom stereocenters. The molecule has 1 aromatic carbocycles. The van der Waals surface area contributed by atoms with Crippen LogP contribution >= 0.6 is 0 Å². The van der Waals surface area contributed by atoms with E-state index in [4.69, 9.17) is 21.0 Å². The SMILES string of the molecule is N#CC1=C(N)O[C@H](c2cccc([N+](=O)[O-])c2)[C@H]1C#N. The first-order chi connectivity index (χ1) is 9.08. The largest absolute Gasteiger partial charge is 0.469 e. The predicted octanol–water partition coefficient (Wildman–Crippen LogP) is 1.50. The van der Waals surface area contributed by atoms with Gasteiger partial charge in [0.05, 0.1) is 11.0 Å². The Hall–Kier alpha value is -3.06. The summed E-state index contributed by atoms with van der Waals surface area (Å²) in [6.45, 7) is 0. The van der Waals surface area contributed by atoms with Crippen molar-refractivity contribution < 1.29 is 9.66 Å². The number of nitro benzene ring substituents is 1. The number of rotatable bonds is 2. The molecule has 1 aliphatic heterocycles. The maximum absolute atomic E-state index is 10.7. The first kappa shape index (κ1) is 12.4. The van der Waals surface area contributed by atoms with Gasteiger partial charge in [-0.1, -0.05) is 12.1 Å². The second-order valence-electron chi connectivity index (χ2n) is 3.89. The summed E-state index contributed by atoms with van der Waals surface area (Å²) in [5.41, 5.74) is 5.91. The van der Waals surface area contributed by atoms with Crippen molar-refractivity contribution >= 4 is 5.69 Å². The number of benzene rings is 1. The first-order valence-electron chi connectivity index (χ1n) is 5.29. The molecule has 0 saturated heterocycles. The number of nitro groups is 1. The van der Waals surface area contributed by atoms with Crippen LogP contribution in [0, 0.1) is 38.7 Å². The molecule has 1 heterocycles. The second-order valence-corrected chi connectivity index (χ2v) is 3.89. The van der Waals surface area contributed by atoms with Crippen molar-refractivity contribution in [3.63, 3.8) is 0 Å². The number of nitrogens with zero attached hydrogens (tertiary/aromatic N) is 3. The van der Waals surface area contributed by atoms with Crippen LogP contribution in [0.2, 0.25) is 0 Å². The number of ether oxygens (including phenoxy) is 1. The van der Waals surface area contributed by atoms with E-state index >= 15 is 0 Å². The zero-order valence-corrected chi connectivity index (χ0v) is 9.61. The lowest BCUT2D eigenvalue weighted by Gasteiger charge is -2.14. The summed E-state index contributed by atoms with van der Waals surface area (Å²) in [6, 6.07) is 9.49. The highest BCUT2D eigenvalue weighted by Gasteiger charge is 2.38. The molecular weight excluding hydrogens is 248 g/mol. The van der Waals surface area contributed by atoms with Gasteiger partial charge in [0, 0.05) is 17.7 Å². The smallest absolute Gasteiger partial charge is 0.269 e. The van der Waals surface area contributed by atoms with Crippen LogP contribution in [0.15, 0.2) is 35.7 Å². The molecule has 94 valence electrons. The van der Waals surface area contributed by atoms with Crippen LogP contribution in [-0.2, 0) is 4.74 Å². The van der Waals surface area contributed by atoms with Gasteiger partial charge >= 0.3 is 0 Å². The van der Waals surface area contributed by atoms with E-state index in [-0.39, 0.29) is 17.1 Å². The van der Waals surface area contributed by atoms with Gasteiger partial charge in [0.1, 0.15) is 23.7 Å². The number of hydrogen-bond acceptors (Lipinski definition) is 6. The van der Waals surface area contributed by atoms with Crippen molar-refractivity contribution in [3.05, 3.63) is 51.4 Å². The topological polar surface area (TPSA) is 126 Å². The monoisotopic (exact) mass is 256 g/mol. The molecule has 2 N–H and O–H groups in total. The van der Waals surface area contributed by atoms with Crippen molar-refractivity contribution in [1.29, 1.82) is 10.5 Å². The van der Waals surface area contributed by atoms with Gasteiger partial charge in [-0.25, -0.2) is 0 Å². The molecule has 2 atom stereocenters. The fourth-order valence-electron chi connectivity index (χ4n) is 1.91. The van der Waals surface area contributed by atoms with Gasteiger partial charge < -0.3 is 10.5 Å². The minimum Gasteiger partial charge on any atom is -0.469 e. The molecule has 2 rings (SSSR count). The van der Waals surface area contributed by atoms with Crippen LogP contribution in [0.3, 0.4) is 0 Å². The fourth-order valence-corrected chi connectivity index (χ4v) is 1.91. The van der Waals surface area contributed by atoms with E-state index < -0.39 is 16.9 Å². The van der Waals surface area contributed by atoms with E-state index in [2.05, 4.69) is 0 Å². The lowest BCUT2D eigenvalue weighted by Crippen LogP contribution is -2.09. The molecule has 0 aliphatic carbocycles. The van der Waals surface area contributed by atoms with Gasteiger partial charge in [-0.05, 0) is 0 Å². The number of nitrogens with two attached hydrogens (primary N) is 1. The van der Waals surface area contributed by atoms with Gasteiger partial charge in [0.2, 0.25) is 0 Å². The molecule has 0 saturated carbocycles. The molecule has 19 heavy (non-hydrogen) atoms. The molecule has 0 spiro atoms. The van der Waals surface area contributed by atoms with E-state index in [0.717, 1.165) is 0 Å². The van der Waals surface area contributed by atoms with E-state index in [0.29, 0.717) is 5.56 Å². The number of nitriles is 2. The molecule has 0 fully saturated rings. The zero-order valence-electron chi connectivity index (χ0n) is 9.61. The Kier molecular flexibility index (Phi) is 3.05. The Morgan fingerprint density at radius 1 is 1.42 bits per heavy atom. The third kappa shape index (κ3) is 2.05. The first-order valence-corrected chi connectivity index (χ1v) is 5.29. The molecule has 1 aliphatic rings. The molecule has 0 amide bonds. The van der Waals surface area contributed by atoms with E-state index in [1.807, 2.05) is 12.1 Å². The normalized spacial score (nSPS) is 21.4. The molecular formula is C12H8N4O3. The Bertz CT molecular complexity index is 654. The summed E-state index contributed by atoms with van der Waals surface area (Å²) in [5, 5.41) is 28.7. The number of hydrogen-bond donors (Lipinski definition) is 1. The summed E-state index contributed by atoms with van der Waals surface area (Å²) in [5.74, 6) is -0.961. The van der Waals surface area contributed by atoms with Crippen molar-refractivity contribution in [1.82, 2.24) is 0 Å². The van der Waals surface area contributed by atoms with Gasteiger partial charge in [-0.2, -0.15) is 10.5 Å². The van der Waals surface area contributed by atoms with Gasteiger partial charge in [0.25, 0.3) is 5.69 Å². The van der Waals surface area contributed by atoms with E-state index in [1.165, 1.54) is 18.2 Å². The lowest BCUT2D eigenvalue weighted by molar-refractivity contribution is -0.385. The second kappa shape index (κ2) is 4.67. The maximum atomic E-state index is 10.7. The molecule has 1 aromatic rings. The highest BCUT2D eigenvalue weighted by molar-refractivity contribution is 5.42. The fraction of sp³-hybridized carbons (Fsp3) is 0.167. The summed E-state index contributed by atoms with van der Waals surface area (Å²) in [6.07, 6.45) is -0.792. The molecule has 7 nitrogen and oxygen atoms in total. The van der Waals surface area contributed by atoms with Crippen LogP contribution in [0.5, 0.6) is 0 Å². The van der Waals surface area contributed by atoms with Crippen molar-refractivity contribution in [2.45, 2.75) is 6.10 Å². The number of non-ortho nitro benzene ring substituents is 1. The predicted molar refractivity (Wildman–Crippen MR) is 62.9 cm³/mol. The van der Waals surface area contributed by atoms with Crippen LogP contribution < -0.4 is 5.73 Å². The molecule has 7 heteroatoms. The van der Waals surface area contributed by atoms with Crippen molar-refractivity contribution in [3.8, 4) is 12.1 Å². The molecule has 0 aromatic heterocycles. The van der Waals surface area contributed by atoms with Crippen molar-refractivity contribution in [2.24, 2.45) is 11.7 Å². The maximum Gasteiger partial charge on any atom is 0.269 e. The van der Waals surface area contributed by atoms with Gasteiger partial charge in [0.15, 0.2) is 5.88 Å². The average molecular weight is 256 g/mol. The summed E-state index contributed by atoms with van der Waals surface area (Å²) < 4.78 is 5.28. The summed E-state index contributed by atoms with van der Waals surface area (Å²) in [7, 11) is 0. The average Bonchev–Trinajstić information content (AvgIpc) is 2.74. The van der Waals surface area contributed by atoms with Crippen LogP contribution in [0.4, 0.5) is 5.69 Å². The Balaban J connectivity index is 2.40. The highest BCUT2D eigenvalue weighted by atomic mass is 16.6. The van der Waals surface area contributed by atoms with Crippen LogP contribution in [0.1, 0.15) is 11.7 Å². The summed E-state index contributed by atoms with van der Waals surface area (Å²) in [4.78, 5) is 10.2. The Morgan fingerprint density at radius 2 is 2.16 bits per heavy atom. The quantitative estimate of drug-likeness (QED) is 0.631. The zero-order chi connectivity index (χ0) is 14.0. The van der Waals surface area contributed by atoms with Gasteiger partial charge in [-0.3, -0.25) is 10.1 Å². The highest BCUT2D eigenvalue weighted by Crippen LogP contribution is 2.39. The summed E-state index contributed by atoms with van der Waals surface area (Å²) >= 11 is 0. The van der Waals surface area contributed by atoms with Gasteiger partial charge in [-0.15, -0.1) is 0 Å². The van der Waals surface area contributed by atoms with Crippen molar-refractivity contribution in [2.75, 3.05) is 0 Å². The van der Waals surface area contributed by atoms with Crippen LogP contribution in [0.25, 0.3) is 0 Å². The minimum absolute atomic E-state index is 0.0546. The lowest BCUT2D eigenvalue weighted by atomic mass is 9.92. The Labute approximate surface area is 108 Å². The standard InChI is InChI=1S/C12H8N4O3/c13-5-9-10(6-14)12(15)19-11(9)7-2-1-3-8(4-7)16(17)18/h1-4,9,11H,15H2/t9-,11+/m0/s1. The Morgan fingerprint density at radius 3 is 2.74 bits per heavy atom. The third-order valence-corrected chi connectivity index (χ3v) is 2.80. The van der Waals surface area contributed by atoms with E-state index in [9.17, 15) is 10.1 Å². The van der Waals surface area contributed by atoms with Crippen LogP contribution in [-0.4, -0.2) is 4.92 Å². The molecule has 0 radical (unpaired) electrons.